The van der Waals surface area contributed by atoms with E-state index in [1.807, 2.05) is 193 Å². The van der Waals surface area contributed by atoms with Gasteiger partial charge < -0.3 is 68.8 Å². The first-order valence-electron chi connectivity index (χ1n) is 48.7. The fourth-order valence-electron chi connectivity index (χ4n) is 18.1. The molecule has 0 spiro atoms. The van der Waals surface area contributed by atoms with Crippen LogP contribution in [0.1, 0.15) is 218 Å². The van der Waals surface area contributed by atoms with E-state index >= 15 is 0 Å². The molecule has 0 radical (unpaired) electrons. The standard InChI is InChI=1S/C63H81N5O11.C44H70N6O8S/c1-42(2)53(61(74)64-44(4)58(71)37-45-26-24-43(3)25-27-45)39-48(69)31-34-77-36-35-76-33-16-23-57(70)55(28-29-60(73)79-63(5,6)7)65-59(72)30-32-68-47(38-46-17-10-15-22-56(46)68)40-66(8)67(9)62(75)78-41-54-51-20-13-11-18-49(51)50-19-12-14-21-52(50)54;1-13-29(7)38(48(9)43(54)36(27(3)4)47-41(53)37(28(5)6)49(10)44(55)58-14-2)34(56-11)26-35(51)50-23-18-21-33(50)39(57-12)30(8)40(52)46-32(42-45-22-24-59-42)25-31-19-16-15-17-20-31/h10-15,17-22,24-27,38,42,44,53-55H,16,23,28-37,39-41H2,1-9H3,(H,64,74)(H,65,72);15-17,19-20,22,24,27-30,32-34,36-39H,13-14,18,21,23,25-26H2,1-12H3,(H,46,52)(H,47,53)/t44-,53-,55-;29-,30+,32-,33-,34+,36-,37-,38-,39+/m00/s1. The molecule has 1 fully saturated rings. The molecular formula is C107H151N11O19S. The zero-order valence-electron chi connectivity index (χ0n) is 84.9. The van der Waals surface area contributed by atoms with Gasteiger partial charge in [0.1, 0.15) is 35.1 Å². The van der Waals surface area contributed by atoms with Gasteiger partial charge in [-0.2, -0.15) is 0 Å². The molecule has 0 bridgehead atoms. The van der Waals surface area contributed by atoms with Crippen molar-refractivity contribution in [1.29, 1.82) is 0 Å². The molecule has 4 N–H and O–H groups in total. The van der Waals surface area contributed by atoms with Crippen molar-refractivity contribution in [3.05, 3.63) is 184 Å². The molecule has 1 saturated heterocycles. The molecule has 0 saturated carbocycles. The number of nitrogens with zero attached hydrogens (tertiary/aromatic N) is 7. The lowest BCUT2D eigenvalue weighted by atomic mass is 9.88. The molecule has 30 nitrogen and oxygen atoms in total. The molecule has 1 aliphatic heterocycles. The second-order valence-electron chi connectivity index (χ2n) is 38.4. The lowest BCUT2D eigenvalue weighted by Gasteiger charge is -2.41. The number of hydrogen-bond acceptors (Lipinski definition) is 22. The maximum absolute atomic E-state index is 14.4. The average molecular weight is 1930 g/mol. The Hall–Kier alpha value is -11.1. The summed E-state index contributed by atoms with van der Waals surface area (Å²) >= 11 is 1.49. The third kappa shape index (κ3) is 32.8. The number of benzene rings is 5. The normalized spacial score (nSPS) is 15.5. The summed E-state index contributed by atoms with van der Waals surface area (Å²) in [7, 11) is 9.81. The zero-order valence-corrected chi connectivity index (χ0v) is 85.8. The summed E-state index contributed by atoms with van der Waals surface area (Å²) in [6.45, 7) is 30.0. The predicted octanol–water partition coefficient (Wildman–Crippen LogP) is 15.2. The molecule has 138 heavy (non-hydrogen) atoms. The van der Waals surface area contributed by atoms with Crippen LogP contribution in [0, 0.1) is 42.4 Å². The van der Waals surface area contributed by atoms with E-state index in [4.69, 9.17) is 33.2 Å². The monoisotopic (exact) mass is 1930 g/mol. The van der Waals surface area contributed by atoms with Crippen molar-refractivity contribution in [3.63, 3.8) is 0 Å². The molecule has 5 aromatic carbocycles. The Morgan fingerprint density at radius 1 is 0.623 bits per heavy atom. The van der Waals surface area contributed by atoms with Crippen LogP contribution >= 0.6 is 11.3 Å². The highest BCUT2D eigenvalue weighted by Crippen LogP contribution is 2.45. The number of likely N-dealkylation sites (N-methyl/N-ethyl adjacent to an activating group) is 2. The summed E-state index contributed by atoms with van der Waals surface area (Å²) in [4.78, 5) is 171. The van der Waals surface area contributed by atoms with Gasteiger partial charge in [-0.15, -0.1) is 11.3 Å². The van der Waals surface area contributed by atoms with Crippen molar-refractivity contribution < 1.29 is 90.7 Å². The van der Waals surface area contributed by atoms with Gasteiger partial charge in [0, 0.05) is 135 Å². The van der Waals surface area contributed by atoms with E-state index < -0.39 is 83.9 Å². The quantitative estimate of drug-likeness (QED) is 0.0119. The van der Waals surface area contributed by atoms with E-state index in [1.165, 1.54) is 28.3 Å². The number of thiazole rings is 1. The van der Waals surface area contributed by atoms with Crippen LogP contribution in [0.5, 0.6) is 0 Å². The molecule has 12 atom stereocenters. The van der Waals surface area contributed by atoms with Crippen LogP contribution in [0.15, 0.2) is 145 Å². The average Bonchev–Trinajstić information content (AvgIpc) is 1.61. The summed E-state index contributed by atoms with van der Waals surface area (Å²) < 4.78 is 42.1. The Bertz CT molecular complexity index is 5070. The van der Waals surface area contributed by atoms with Gasteiger partial charge in [-0.1, -0.05) is 196 Å². The number of carbonyl (C=O) groups excluding carboxylic acids is 12. The van der Waals surface area contributed by atoms with Crippen LogP contribution in [0.25, 0.3) is 22.0 Å². The number of aromatic nitrogens is 2. The number of amides is 8. The fraction of sp³-hybridized carbons (Fsp3) is 0.561. The Kier molecular flexibility index (Phi) is 44.8. The van der Waals surface area contributed by atoms with E-state index in [1.54, 1.807) is 86.1 Å². The van der Waals surface area contributed by atoms with Crippen LogP contribution in [-0.4, -0.2) is 248 Å². The van der Waals surface area contributed by atoms with Gasteiger partial charge in [0.25, 0.3) is 0 Å². The second-order valence-corrected chi connectivity index (χ2v) is 39.3. The van der Waals surface area contributed by atoms with Gasteiger partial charge in [-0.3, -0.25) is 52.8 Å². The SMILES string of the molecule is CCOC(=O)N(C)[C@H](C(=O)N[C@H](C(=O)N(C)[C@@H]([C@@H](C)CC)[C@@H](CC(=O)N1CCC[C@H]1[C@H](OC)[C@@H](C)C(=O)N[C@@H](Cc1ccccc1)c1nccs1)OC)C(C)C)C(C)C.Cc1ccc(CC(=O)[C@H](C)NC(=O)[C@@H](CC(=O)CCOCCOCCCC(=O)[C@H](CCC(=O)OC(C)(C)C)NC(=O)CCn2c(CN(C)N(C)C(=O)OCC3c4ccccc4-c4ccccc43)cc3ccccc32)C(C)C)cc1. The number of likely N-dealkylation sites (tertiary alicyclic amines) is 1. The fourth-order valence-corrected chi connectivity index (χ4v) is 18.7. The van der Waals surface area contributed by atoms with Crippen molar-refractivity contribution in [3.8, 4) is 11.1 Å². The van der Waals surface area contributed by atoms with Crippen molar-refractivity contribution in [2.24, 2.45) is 35.5 Å². The molecule has 2 aliphatic rings. The molecular weight excluding hydrogens is 1780 g/mol. The van der Waals surface area contributed by atoms with Gasteiger partial charge in [0.15, 0.2) is 11.6 Å². The highest BCUT2D eigenvalue weighted by Gasteiger charge is 2.45. The number of esters is 1. The number of hydrazine groups is 1. The number of methoxy groups -OCH3 is 2. The lowest BCUT2D eigenvalue weighted by Crippen LogP contribution is -2.60. The first kappa shape index (κ1) is 112. The minimum absolute atomic E-state index is 0.00169. The first-order valence-corrected chi connectivity index (χ1v) is 49.6. The molecule has 0 unspecified atom stereocenters. The molecule has 7 aromatic rings. The molecule has 2 aromatic heterocycles. The number of rotatable bonds is 53. The van der Waals surface area contributed by atoms with Gasteiger partial charge >= 0.3 is 18.2 Å². The number of aryl methyl sites for hydroxylation is 2. The molecule has 1 aliphatic carbocycles. The van der Waals surface area contributed by atoms with E-state index in [2.05, 4.69) is 50.5 Å². The third-order valence-corrected chi connectivity index (χ3v) is 26.9. The number of ketones is 3. The minimum atomic E-state index is -0.935. The molecule has 8 amide bonds. The highest BCUT2D eigenvalue weighted by atomic mass is 32.1. The van der Waals surface area contributed by atoms with E-state index in [0.717, 1.165) is 67.0 Å². The molecule has 9 rings (SSSR count). The Balaban J connectivity index is 0.000000354. The maximum Gasteiger partial charge on any atom is 0.424 e. The highest BCUT2D eigenvalue weighted by molar-refractivity contribution is 7.09. The summed E-state index contributed by atoms with van der Waals surface area (Å²) in [6.07, 6.45) is 2.92. The number of Topliss-reactive ketones (excluding diaryl/α,β-unsaturated/α-hetero) is 3. The van der Waals surface area contributed by atoms with E-state index in [-0.39, 0.29) is 186 Å². The Morgan fingerprint density at radius 2 is 1.27 bits per heavy atom. The van der Waals surface area contributed by atoms with Crippen LogP contribution < -0.4 is 21.3 Å². The predicted molar refractivity (Wildman–Crippen MR) is 533 cm³/mol. The summed E-state index contributed by atoms with van der Waals surface area (Å²) in [5.41, 5.74) is 8.66. The largest absolute Gasteiger partial charge is 0.460 e. The molecule has 31 heteroatoms. The van der Waals surface area contributed by atoms with Gasteiger partial charge in [0.2, 0.25) is 35.4 Å². The van der Waals surface area contributed by atoms with Crippen molar-refractivity contribution in [2.45, 2.75) is 266 Å². The van der Waals surface area contributed by atoms with Gasteiger partial charge in [-0.05, 0) is 148 Å². The summed E-state index contributed by atoms with van der Waals surface area (Å²) in [6, 6.07) is 39.3. The number of nitrogens with one attached hydrogen (secondary N) is 4. The van der Waals surface area contributed by atoms with Crippen LogP contribution in [-0.2, 0) is 107 Å². The Morgan fingerprint density at radius 3 is 1.88 bits per heavy atom. The van der Waals surface area contributed by atoms with Gasteiger partial charge in [0.05, 0.1) is 87.7 Å². The van der Waals surface area contributed by atoms with Gasteiger partial charge in [-0.25, -0.2) is 24.6 Å². The number of para-hydroxylation sites is 1. The smallest absolute Gasteiger partial charge is 0.424 e. The lowest BCUT2D eigenvalue weighted by molar-refractivity contribution is -0.155. The summed E-state index contributed by atoms with van der Waals surface area (Å²) in [5, 5.41) is 18.8. The van der Waals surface area contributed by atoms with E-state index in [0.29, 0.717) is 38.8 Å². The van der Waals surface area contributed by atoms with Crippen molar-refractivity contribution in [1.82, 2.24) is 55.5 Å². The topological polar surface area (TPSA) is 352 Å². The number of carbonyl (C=O) groups is 12. The Labute approximate surface area is 820 Å². The van der Waals surface area contributed by atoms with Crippen molar-refractivity contribution in [2.75, 3.05) is 88.6 Å². The number of ether oxygens (including phenoxy) is 7. The third-order valence-electron chi connectivity index (χ3n) is 26.0. The molecule has 754 valence electrons. The zero-order chi connectivity index (χ0) is 101. The summed E-state index contributed by atoms with van der Waals surface area (Å²) in [5.74, 6) is -4.73. The van der Waals surface area contributed by atoms with Crippen molar-refractivity contribution >= 4 is 93.2 Å². The van der Waals surface area contributed by atoms with E-state index in [9.17, 15) is 57.5 Å². The first-order chi connectivity index (χ1) is 65.7. The maximum atomic E-state index is 14.4. The number of fused-ring (bicyclic) bond motifs is 4. The van der Waals surface area contributed by atoms with Crippen LogP contribution in [0.4, 0.5) is 9.59 Å². The minimum Gasteiger partial charge on any atom is -0.460 e. The molecule has 3 heterocycles. The van der Waals surface area contributed by atoms with Crippen LogP contribution in [0.2, 0.25) is 0 Å². The van der Waals surface area contributed by atoms with Crippen LogP contribution in [0.3, 0.4) is 0 Å². The second kappa shape index (κ2) is 55.0. The number of hydrogen-bond donors (Lipinski definition) is 4.